The topological polar surface area (TPSA) is 76.4 Å². The number of ether oxygens (including phenoxy) is 1. The first-order valence-electron chi connectivity index (χ1n) is 9.84. The number of aliphatic hydroxyl groups is 1. The molecule has 0 radical (unpaired) electrons. The van der Waals surface area contributed by atoms with Gasteiger partial charge in [0.1, 0.15) is 24.3 Å². The Bertz CT molecular complexity index is 1110. The molecule has 30 heavy (non-hydrogen) atoms. The second-order valence-corrected chi connectivity index (χ2v) is 6.95. The van der Waals surface area contributed by atoms with Crippen molar-refractivity contribution in [3.05, 3.63) is 96.3 Å². The Morgan fingerprint density at radius 3 is 2.40 bits per heavy atom. The molecular weight excluding hydrogens is 378 g/mol. The molecule has 6 nitrogen and oxygen atoms in total. The minimum Gasteiger partial charge on any atom is -0.491 e. The normalized spacial score (nSPS) is 11.9. The van der Waals surface area contributed by atoms with E-state index in [9.17, 15) is 9.90 Å². The second-order valence-electron chi connectivity index (χ2n) is 6.95. The van der Waals surface area contributed by atoms with Gasteiger partial charge in [0.2, 0.25) is 0 Å². The standard InChI is InChI=1S/C24H23N3O3/c28-19(17-30-20-11-5-2-6-12-20)16-27-22-14-8-7-13-21(22)26-23(27)15-25-24(29)18-9-3-1-4-10-18/h1-14,19,28H,15-17H2,(H,25,29). The zero-order valence-electron chi connectivity index (χ0n) is 16.4. The fourth-order valence-electron chi connectivity index (χ4n) is 3.29. The van der Waals surface area contributed by atoms with E-state index in [1.807, 2.05) is 77.4 Å². The van der Waals surface area contributed by atoms with E-state index in [1.54, 1.807) is 12.1 Å². The van der Waals surface area contributed by atoms with Crippen LogP contribution in [0.15, 0.2) is 84.9 Å². The summed E-state index contributed by atoms with van der Waals surface area (Å²) < 4.78 is 7.60. The maximum Gasteiger partial charge on any atom is 0.251 e. The lowest BCUT2D eigenvalue weighted by molar-refractivity contribution is 0.0917. The number of aliphatic hydroxyl groups excluding tert-OH is 1. The number of rotatable bonds is 8. The maximum absolute atomic E-state index is 12.4. The van der Waals surface area contributed by atoms with E-state index in [0.29, 0.717) is 23.7 Å². The Labute approximate surface area is 174 Å². The van der Waals surface area contributed by atoms with Crippen LogP contribution in [0.4, 0.5) is 0 Å². The van der Waals surface area contributed by atoms with E-state index in [0.717, 1.165) is 11.0 Å². The fraction of sp³-hybridized carbons (Fsp3) is 0.167. The number of carbonyl (C=O) groups is 1. The van der Waals surface area contributed by atoms with Crippen LogP contribution in [0.2, 0.25) is 0 Å². The Balaban J connectivity index is 1.48. The van der Waals surface area contributed by atoms with E-state index < -0.39 is 6.10 Å². The number of amides is 1. The van der Waals surface area contributed by atoms with Crippen molar-refractivity contribution in [2.75, 3.05) is 6.61 Å². The zero-order chi connectivity index (χ0) is 20.8. The van der Waals surface area contributed by atoms with E-state index >= 15 is 0 Å². The molecule has 0 aliphatic carbocycles. The van der Waals surface area contributed by atoms with Crippen LogP contribution < -0.4 is 10.1 Å². The molecule has 4 rings (SSSR count). The van der Waals surface area contributed by atoms with Gasteiger partial charge in [0.15, 0.2) is 0 Å². The fourth-order valence-corrected chi connectivity index (χ4v) is 3.29. The lowest BCUT2D eigenvalue weighted by atomic mass is 10.2. The van der Waals surface area contributed by atoms with Crippen molar-refractivity contribution in [2.45, 2.75) is 19.2 Å². The van der Waals surface area contributed by atoms with Gasteiger partial charge in [-0.05, 0) is 36.4 Å². The molecule has 152 valence electrons. The summed E-state index contributed by atoms with van der Waals surface area (Å²) in [4.78, 5) is 17.1. The molecule has 0 aliphatic rings. The molecule has 0 aliphatic heterocycles. The average Bonchev–Trinajstić information content (AvgIpc) is 3.14. The Hall–Kier alpha value is -3.64. The second kappa shape index (κ2) is 9.24. The lowest BCUT2D eigenvalue weighted by Crippen LogP contribution is -2.28. The van der Waals surface area contributed by atoms with Crippen molar-refractivity contribution in [2.24, 2.45) is 0 Å². The highest BCUT2D eigenvalue weighted by molar-refractivity contribution is 5.94. The predicted molar refractivity (Wildman–Crippen MR) is 115 cm³/mol. The number of para-hydroxylation sites is 3. The monoisotopic (exact) mass is 401 g/mol. The Morgan fingerprint density at radius 2 is 1.63 bits per heavy atom. The Morgan fingerprint density at radius 1 is 0.967 bits per heavy atom. The summed E-state index contributed by atoms with van der Waals surface area (Å²) in [5, 5.41) is 13.5. The van der Waals surface area contributed by atoms with Crippen LogP contribution in [-0.2, 0) is 13.1 Å². The highest BCUT2D eigenvalue weighted by Crippen LogP contribution is 2.17. The van der Waals surface area contributed by atoms with Crippen molar-refractivity contribution in [3.8, 4) is 5.75 Å². The summed E-state index contributed by atoms with van der Waals surface area (Å²) in [5.74, 6) is 1.23. The molecule has 0 spiro atoms. The molecular formula is C24H23N3O3. The summed E-state index contributed by atoms with van der Waals surface area (Å²) in [6.07, 6.45) is -0.730. The molecule has 0 saturated heterocycles. The number of fused-ring (bicyclic) bond motifs is 1. The smallest absolute Gasteiger partial charge is 0.251 e. The van der Waals surface area contributed by atoms with Crippen molar-refractivity contribution in [1.29, 1.82) is 0 Å². The molecule has 2 N–H and O–H groups in total. The molecule has 0 fully saturated rings. The van der Waals surface area contributed by atoms with Crippen LogP contribution in [0.3, 0.4) is 0 Å². The van der Waals surface area contributed by atoms with Crippen LogP contribution in [0.5, 0.6) is 5.75 Å². The summed E-state index contributed by atoms with van der Waals surface area (Å²) in [6, 6.07) is 26.2. The lowest BCUT2D eigenvalue weighted by Gasteiger charge is -2.16. The van der Waals surface area contributed by atoms with Gasteiger partial charge < -0.3 is 19.7 Å². The van der Waals surface area contributed by atoms with Gasteiger partial charge in [-0.25, -0.2) is 4.98 Å². The van der Waals surface area contributed by atoms with Gasteiger partial charge in [0, 0.05) is 5.56 Å². The molecule has 1 amide bonds. The van der Waals surface area contributed by atoms with Crippen LogP contribution >= 0.6 is 0 Å². The first kappa shape index (κ1) is 19.7. The molecule has 6 heteroatoms. The average molecular weight is 401 g/mol. The van der Waals surface area contributed by atoms with Gasteiger partial charge >= 0.3 is 0 Å². The molecule has 4 aromatic rings. The van der Waals surface area contributed by atoms with Crippen molar-refractivity contribution >= 4 is 16.9 Å². The number of aromatic nitrogens is 2. The van der Waals surface area contributed by atoms with Gasteiger partial charge in [0.25, 0.3) is 5.91 Å². The predicted octanol–water partition coefficient (Wildman–Crippen LogP) is 3.41. The molecule has 1 heterocycles. The van der Waals surface area contributed by atoms with Crippen LogP contribution in [0.25, 0.3) is 11.0 Å². The van der Waals surface area contributed by atoms with E-state index in [4.69, 9.17) is 4.74 Å². The van der Waals surface area contributed by atoms with Gasteiger partial charge in [0.05, 0.1) is 24.1 Å². The number of benzene rings is 3. The number of hydrogen-bond donors (Lipinski definition) is 2. The van der Waals surface area contributed by atoms with Crippen molar-refractivity contribution in [3.63, 3.8) is 0 Å². The first-order valence-corrected chi connectivity index (χ1v) is 9.84. The summed E-state index contributed by atoms with van der Waals surface area (Å²) >= 11 is 0. The number of carbonyl (C=O) groups excluding carboxylic acids is 1. The highest BCUT2D eigenvalue weighted by atomic mass is 16.5. The molecule has 1 aromatic heterocycles. The van der Waals surface area contributed by atoms with E-state index in [-0.39, 0.29) is 19.1 Å². The highest BCUT2D eigenvalue weighted by Gasteiger charge is 2.16. The number of nitrogens with one attached hydrogen (secondary N) is 1. The third-order valence-electron chi connectivity index (χ3n) is 4.76. The SMILES string of the molecule is O=C(NCc1nc2ccccc2n1CC(O)COc1ccccc1)c1ccccc1. The van der Waals surface area contributed by atoms with Gasteiger partial charge in [-0.2, -0.15) is 0 Å². The summed E-state index contributed by atoms with van der Waals surface area (Å²) in [6.45, 7) is 0.727. The summed E-state index contributed by atoms with van der Waals surface area (Å²) in [7, 11) is 0. The third kappa shape index (κ3) is 4.67. The minimum atomic E-state index is -0.730. The number of nitrogens with zero attached hydrogens (tertiary/aromatic N) is 2. The molecule has 0 bridgehead atoms. The van der Waals surface area contributed by atoms with Crippen molar-refractivity contribution < 1.29 is 14.6 Å². The maximum atomic E-state index is 12.4. The quantitative estimate of drug-likeness (QED) is 0.474. The van der Waals surface area contributed by atoms with Gasteiger partial charge in [-0.3, -0.25) is 4.79 Å². The van der Waals surface area contributed by atoms with E-state index in [2.05, 4.69) is 10.3 Å². The van der Waals surface area contributed by atoms with Crippen LogP contribution in [0, 0.1) is 0 Å². The van der Waals surface area contributed by atoms with Gasteiger partial charge in [-0.15, -0.1) is 0 Å². The van der Waals surface area contributed by atoms with Crippen LogP contribution in [0.1, 0.15) is 16.2 Å². The molecule has 1 unspecified atom stereocenters. The summed E-state index contributed by atoms with van der Waals surface area (Å²) in [5.41, 5.74) is 2.31. The van der Waals surface area contributed by atoms with E-state index in [1.165, 1.54) is 0 Å². The van der Waals surface area contributed by atoms with Crippen LogP contribution in [-0.4, -0.2) is 33.3 Å². The number of hydrogen-bond acceptors (Lipinski definition) is 4. The first-order chi connectivity index (χ1) is 14.7. The zero-order valence-corrected chi connectivity index (χ0v) is 16.4. The minimum absolute atomic E-state index is 0.159. The third-order valence-corrected chi connectivity index (χ3v) is 4.76. The molecule has 0 saturated carbocycles. The molecule has 1 atom stereocenters. The molecule has 3 aromatic carbocycles. The van der Waals surface area contributed by atoms with Crippen molar-refractivity contribution in [1.82, 2.24) is 14.9 Å². The Kier molecular flexibility index (Phi) is 6.06. The number of imidazole rings is 1. The van der Waals surface area contributed by atoms with Gasteiger partial charge in [-0.1, -0.05) is 48.5 Å². The largest absolute Gasteiger partial charge is 0.491 e.